The van der Waals surface area contributed by atoms with Gasteiger partial charge < -0.3 is 14.2 Å². The van der Waals surface area contributed by atoms with Crippen molar-refractivity contribution in [3.63, 3.8) is 0 Å². The Kier molecular flexibility index (Phi) is 70.0. The van der Waals surface area contributed by atoms with E-state index in [4.69, 9.17) is 14.2 Å². The van der Waals surface area contributed by atoms with Gasteiger partial charge in [-0.1, -0.05) is 359 Å². The van der Waals surface area contributed by atoms with Crippen molar-refractivity contribution < 1.29 is 28.6 Å². The zero-order valence-electron chi connectivity index (χ0n) is 56.2. The summed E-state index contributed by atoms with van der Waals surface area (Å²) >= 11 is 0. The fraction of sp³-hybridized carbons (Fsp3) is 0.883. The fourth-order valence-electron chi connectivity index (χ4n) is 11.5. The molecule has 1 unspecified atom stereocenters. The zero-order valence-corrected chi connectivity index (χ0v) is 56.2. The molecule has 0 radical (unpaired) electrons. The lowest BCUT2D eigenvalue weighted by atomic mass is 10.0. The maximum absolute atomic E-state index is 13.0. The largest absolute Gasteiger partial charge is 0.462 e. The van der Waals surface area contributed by atoms with E-state index in [1.165, 1.54) is 308 Å². The molecule has 0 bridgehead atoms. The van der Waals surface area contributed by atoms with Crippen LogP contribution in [-0.2, 0) is 28.6 Å². The average molecular weight is 1170 g/mol. The molecule has 0 spiro atoms. The molecule has 6 heteroatoms. The lowest BCUT2D eigenvalue weighted by molar-refractivity contribution is -0.167. The van der Waals surface area contributed by atoms with Gasteiger partial charge in [0.2, 0.25) is 0 Å². The maximum atomic E-state index is 13.0. The Hall–Kier alpha value is -2.37. The predicted octanol–water partition coefficient (Wildman–Crippen LogP) is 25.9. The molecule has 0 aromatic carbocycles. The van der Waals surface area contributed by atoms with E-state index in [1.807, 2.05) is 0 Å². The van der Waals surface area contributed by atoms with Crippen LogP contribution >= 0.6 is 0 Å². The van der Waals surface area contributed by atoms with E-state index in [1.54, 1.807) is 0 Å². The molecule has 0 N–H and O–H groups in total. The topological polar surface area (TPSA) is 78.9 Å². The Bertz CT molecular complexity index is 1380. The van der Waals surface area contributed by atoms with Crippen LogP contribution in [0.5, 0.6) is 0 Å². The van der Waals surface area contributed by atoms with Gasteiger partial charge in [0, 0.05) is 19.3 Å². The molecule has 0 heterocycles. The van der Waals surface area contributed by atoms with Crippen LogP contribution in [0.15, 0.2) is 36.5 Å². The highest BCUT2D eigenvalue weighted by Gasteiger charge is 2.20. The standard InChI is InChI=1S/C77H144O6/c1-4-7-10-13-16-19-22-25-27-29-31-33-35-37-38-39-40-41-43-44-46-48-50-52-55-58-61-64-67-70-76(79)82-73-74(72-81-75(78)69-66-63-60-57-54-24-21-18-15-12-9-6-3)83-77(80)71-68-65-62-59-56-53-51-49-47-45-42-36-34-32-30-28-26-23-20-17-14-11-8-5-2/h18,21-22,25,29,31,74H,4-17,19-20,23-24,26-28,30,32-73H2,1-3H3/b21-18-,25-22-,31-29-. The number of esters is 3. The van der Waals surface area contributed by atoms with Crippen molar-refractivity contribution in [3.8, 4) is 0 Å². The van der Waals surface area contributed by atoms with E-state index in [-0.39, 0.29) is 31.1 Å². The van der Waals surface area contributed by atoms with Gasteiger partial charge in [0.15, 0.2) is 6.10 Å². The first-order valence-corrected chi connectivity index (χ1v) is 37.5. The first-order valence-electron chi connectivity index (χ1n) is 37.5. The number of unbranched alkanes of at least 4 members (excludes halogenated alkanes) is 53. The van der Waals surface area contributed by atoms with E-state index in [2.05, 4.69) is 57.2 Å². The van der Waals surface area contributed by atoms with E-state index in [9.17, 15) is 14.4 Å². The zero-order chi connectivity index (χ0) is 59.9. The maximum Gasteiger partial charge on any atom is 0.306 e. The van der Waals surface area contributed by atoms with E-state index in [0.717, 1.165) is 70.6 Å². The summed E-state index contributed by atoms with van der Waals surface area (Å²) in [5.41, 5.74) is 0. The van der Waals surface area contributed by atoms with E-state index in [0.29, 0.717) is 19.3 Å². The molecule has 0 aromatic rings. The van der Waals surface area contributed by atoms with E-state index >= 15 is 0 Å². The first kappa shape index (κ1) is 80.6. The molecule has 0 saturated carbocycles. The third-order valence-corrected chi connectivity index (χ3v) is 17.1. The molecule has 1 atom stereocenters. The second-order valence-electron chi connectivity index (χ2n) is 25.6. The Morgan fingerprint density at radius 2 is 0.434 bits per heavy atom. The first-order chi connectivity index (χ1) is 41.0. The molecule has 83 heavy (non-hydrogen) atoms. The van der Waals surface area contributed by atoms with Gasteiger partial charge in [-0.25, -0.2) is 0 Å². The molecule has 0 aliphatic rings. The van der Waals surface area contributed by atoms with Crippen LogP contribution in [0.1, 0.15) is 419 Å². The number of ether oxygens (including phenoxy) is 3. The summed E-state index contributed by atoms with van der Waals surface area (Å²) in [5.74, 6) is -0.846. The minimum atomic E-state index is -0.773. The predicted molar refractivity (Wildman–Crippen MR) is 362 cm³/mol. The molecular formula is C77H144O6. The number of carbonyl (C=O) groups excluding carboxylic acids is 3. The third kappa shape index (κ3) is 70.3. The average Bonchev–Trinajstić information content (AvgIpc) is 3.49. The molecule has 488 valence electrons. The number of rotatable bonds is 70. The van der Waals surface area contributed by atoms with Gasteiger partial charge in [0.05, 0.1) is 0 Å². The van der Waals surface area contributed by atoms with Gasteiger partial charge in [0.1, 0.15) is 13.2 Å². The van der Waals surface area contributed by atoms with Crippen molar-refractivity contribution in [2.75, 3.05) is 13.2 Å². The number of carbonyl (C=O) groups is 3. The van der Waals surface area contributed by atoms with Crippen molar-refractivity contribution in [2.24, 2.45) is 0 Å². The smallest absolute Gasteiger partial charge is 0.306 e. The number of hydrogen-bond donors (Lipinski definition) is 0. The summed E-state index contributed by atoms with van der Waals surface area (Å²) in [4.78, 5) is 38.4. The highest BCUT2D eigenvalue weighted by atomic mass is 16.6. The third-order valence-electron chi connectivity index (χ3n) is 17.1. The second kappa shape index (κ2) is 72.1. The summed E-state index contributed by atoms with van der Waals surface area (Å²) in [5, 5.41) is 0. The molecule has 6 nitrogen and oxygen atoms in total. The molecule has 0 amide bonds. The summed E-state index contributed by atoms with van der Waals surface area (Å²) in [6.07, 6.45) is 90.6. The van der Waals surface area contributed by atoms with Crippen LogP contribution in [-0.4, -0.2) is 37.2 Å². The second-order valence-corrected chi connectivity index (χ2v) is 25.6. The summed E-state index contributed by atoms with van der Waals surface area (Å²) in [6, 6.07) is 0. The van der Waals surface area contributed by atoms with Crippen molar-refractivity contribution in [3.05, 3.63) is 36.5 Å². The molecule has 0 rings (SSSR count). The van der Waals surface area contributed by atoms with Gasteiger partial charge in [-0.3, -0.25) is 14.4 Å². The minimum Gasteiger partial charge on any atom is -0.462 e. The van der Waals surface area contributed by atoms with Gasteiger partial charge in [-0.05, 0) is 77.0 Å². The summed E-state index contributed by atoms with van der Waals surface area (Å²) in [7, 11) is 0. The molecule has 0 aliphatic heterocycles. The Morgan fingerprint density at radius 3 is 0.699 bits per heavy atom. The van der Waals surface area contributed by atoms with Crippen LogP contribution in [0.2, 0.25) is 0 Å². The van der Waals surface area contributed by atoms with Gasteiger partial charge >= 0.3 is 17.9 Å². The van der Waals surface area contributed by atoms with Gasteiger partial charge in [-0.2, -0.15) is 0 Å². The van der Waals surface area contributed by atoms with Crippen LogP contribution in [0.25, 0.3) is 0 Å². The van der Waals surface area contributed by atoms with Crippen molar-refractivity contribution in [1.29, 1.82) is 0 Å². The monoisotopic (exact) mass is 1170 g/mol. The summed E-state index contributed by atoms with van der Waals surface area (Å²) in [6.45, 7) is 6.68. The molecule has 0 saturated heterocycles. The van der Waals surface area contributed by atoms with Crippen molar-refractivity contribution >= 4 is 17.9 Å². The normalized spacial score (nSPS) is 12.2. The number of allylic oxidation sites excluding steroid dienone is 6. The van der Waals surface area contributed by atoms with Crippen LogP contribution < -0.4 is 0 Å². The Labute approximate surface area is 518 Å². The highest BCUT2D eigenvalue weighted by Crippen LogP contribution is 2.19. The minimum absolute atomic E-state index is 0.0688. The lowest BCUT2D eigenvalue weighted by Gasteiger charge is -2.18. The van der Waals surface area contributed by atoms with Crippen molar-refractivity contribution in [1.82, 2.24) is 0 Å². The SMILES string of the molecule is CCCCC/C=C\CCCCCCCC(=O)OCC(COC(=O)CCCCCCCCCCCCCCCCCCC/C=C\C/C=C\CCCCCCC)OC(=O)CCCCCCCCCCCCCCCCCCCCCCCCCC. The quantitative estimate of drug-likeness (QED) is 0.0261. The highest BCUT2D eigenvalue weighted by molar-refractivity contribution is 5.71. The molecule has 0 fully saturated rings. The Balaban J connectivity index is 4.15. The van der Waals surface area contributed by atoms with E-state index < -0.39 is 6.10 Å². The van der Waals surface area contributed by atoms with Gasteiger partial charge in [-0.15, -0.1) is 0 Å². The van der Waals surface area contributed by atoms with Gasteiger partial charge in [0.25, 0.3) is 0 Å². The summed E-state index contributed by atoms with van der Waals surface area (Å²) < 4.78 is 17.0. The fourth-order valence-corrected chi connectivity index (χ4v) is 11.5. The van der Waals surface area contributed by atoms with Crippen LogP contribution in [0.3, 0.4) is 0 Å². The molecule has 0 aromatic heterocycles. The Morgan fingerprint density at radius 1 is 0.241 bits per heavy atom. The lowest BCUT2D eigenvalue weighted by Crippen LogP contribution is -2.30. The molecular weight excluding hydrogens is 1020 g/mol. The van der Waals surface area contributed by atoms with Crippen LogP contribution in [0.4, 0.5) is 0 Å². The number of hydrogen-bond acceptors (Lipinski definition) is 6. The molecule has 0 aliphatic carbocycles. The van der Waals surface area contributed by atoms with Crippen molar-refractivity contribution in [2.45, 2.75) is 425 Å². The van der Waals surface area contributed by atoms with Crippen LogP contribution in [0, 0.1) is 0 Å².